The summed E-state index contributed by atoms with van der Waals surface area (Å²) in [6.07, 6.45) is 4.98. The van der Waals surface area contributed by atoms with Gasteiger partial charge < -0.3 is 9.80 Å². The highest BCUT2D eigenvalue weighted by atomic mass is 35.5. The van der Waals surface area contributed by atoms with E-state index < -0.39 is 0 Å². The van der Waals surface area contributed by atoms with Gasteiger partial charge in [0.2, 0.25) is 0 Å². The Morgan fingerprint density at radius 3 is 2.41 bits per heavy atom. The Balaban J connectivity index is 1.14. The minimum Gasteiger partial charge on any atom is -0.352 e. The zero-order valence-electron chi connectivity index (χ0n) is 17.8. The average Bonchev–Trinajstić information content (AvgIpc) is 3.27. The van der Waals surface area contributed by atoms with Crippen LogP contribution in [0, 0.1) is 0 Å². The lowest BCUT2D eigenvalue weighted by atomic mass is 9.90. The predicted molar refractivity (Wildman–Crippen MR) is 133 cm³/mol. The van der Waals surface area contributed by atoms with Crippen LogP contribution in [0.15, 0.2) is 48.5 Å². The summed E-state index contributed by atoms with van der Waals surface area (Å²) in [5.74, 6) is 0.947. The molecular weight excluding hydrogens is 438 g/mol. The van der Waals surface area contributed by atoms with Crippen LogP contribution in [0.25, 0.3) is 21.5 Å². The van der Waals surface area contributed by atoms with E-state index in [-0.39, 0.29) is 0 Å². The van der Waals surface area contributed by atoms with Crippen molar-refractivity contribution in [2.45, 2.75) is 25.7 Å². The number of hydrogen-bond acceptors (Lipinski definition) is 6. The van der Waals surface area contributed by atoms with E-state index in [2.05, 4.69) is 50.3 Å². The van der Waals surface area contributed by atoms with Crippen LogP contribution in [0.1, 0.15) is 24.0 Å². The van der Waals surface area contributed by atoms with Crippen molar-refractivity contribution in [3.63, 3.8) is 0 Å². The Morgan fingerprint density at radius 1 is 0.781 bits per heavy atom. The molecule has 0 spiro atoms. The lowest BCUT2D eigenvalue weighted by Crippen LogP contribution is -2.46. The van der Waals surface area contributed by atoms with Gasteiger partial charge in [-0.2, -0.15) is 0 Å². The van der Waals surface area contributed by atoms with Crippen molar-refractivity contribution in [3.05, 3.63) is 64.7 Å². The quantitative estimate of drug-likeness (QED) is 0.396. The molecule has 2 aliphatic rings. The largest absolute Gasteiger partial charge is 0.352 e. The summed E-state index contributed by atoms with van der Waals surface area (Å²) in [5, 5.41) is 10.9. The Hall–Kier alpha value is -2.70. The van der Waals surface area contributed by atoms with Crippen LogP contribution < -0.4 is 9.80 Å². The average molecular weight is 462 g/mol. The number of anilines is 2. The molecule has 0 saturated carbocycles. The second-order valence-corrected chi connectivity index (χ2v) is 10.00. The van der Waals surface area contributed by atoms with Crippen LogP contribution >= 0.6 is 22.9 Å². The molecule has 1 saturated heterocycles. The molecule has 1 aliphatic carbocycles. The van der Waals surface area contributed by atoms with Gasteiger partial charge in [-0.05, 0) is 73.2 Å². The van der Waals surface area contributed by atoms with Crippen molar-refractivity contribution < 1.29 is 0 Å². The molecule has 3 heterocycles. The third-order valence-corrected chi connectivity index (χ3v) is 7.82. The SMILES string of the molecule is Clc1ccc2nc(N3CCN(c4ccc(-c5ccc6c(c5)CCCC6)nn4)CC3)sc2c1. The van der Waals surface area contributed by atoms with Crippen LogP contribution in [0.5, 0.6) is 0 Å². The summed E-state index contributed by atoms with van der Waals surface area (Å²) in [6, 6.07) is 16.9. The van der Waals surface area contributed by atoms with Crippen molar-refractivity contribution in [2.75, 3.05) is 36.0 Å². The first kappa shape index (κ1) is 19.9. The van der Waals surface area contributed by atoms with E-state index in [1.165, 1.54) is 42.4 Å². The number of benzene rings is 2. The van der Waals surface area contributed by atoms with Gasteiger partial charge in [-0.1, -0.05) is 35.1 Å². The maximum atomic E-state index is 6.13. The van der Waals surface area contributed by atoms with Gasteiger partial charge in [0.25, 0.3) is 0 Å². The van der Waals surface area contributed by atoms with E-state index in [9.17, 15) is 0 Å². The zero-order valence-corrected chi connectivity index (χ0v) is 19.4. The first-order chi connectivity index (χ1) is 15.7. The summed E-state index contributed by atoms with van der Waals surface area (Å²) in [7, 11) is 0. The number of fused-ring (bicyclic) bond motifs is 2. The van der Waals surface area contributed by atoms with E-state index in [0.29, 0.717) is 0 Å². The van der Waals surface area contributed by atoms with Gasteiger partial charge in [-0.3, -0.25) is 0 Å². The van der Waals surface area contributed by atoms with Crippen molar-refractivity contribution >= 4 is 44.1 Å². The topological polar surface area (TPSA) is 45.2 Å². The lowest BCUT2D eigenvalue weighted by molar-refractivity contribution is 0.643. The minimum absolute atomic E-state index is 0.759. The minimum atomic E-state index is 0.759. The third-order valence-electron chi connectivity index (χ3n) is 6.51. The van der Waals surface area contributed by atoms with Gasteiger partial charge >= 0.3 is 0 Å². The molecule has 2 aromatic heterocycles. The maximum Gasteiger partial charge on any atom is 0.186 e. The zero-order chi connectivity index (χ0) is 21.5. The van der Waals surface area contributed by atoms with Gasteiger partial charge in [0, 0.05) is 36.8 Å². The third kappa shape index (κ3) is 3.82. The van der Waals surface area contributed by atoms with E-state index in [0.717, 1.165) is 58.1 Å². The molecule has 6 rings (SSSR count). The van der Waals surface area contributed by atoms with Crippen molar-refractivity contribution in [3.8, 4) is 11.3 Å². The normalized spacial score (nSPS) is 16.4. The number of aromatic nitrogens is 3. The Labute approximate surface area is 196 Å². The summed E-state index contributed by atoms with van der Waals surface area (Å²) in [5.41, 5.74) is 6.12. The molecule has 0 N–H and O–H groups in total. The number of rotatable bonds is 3. The molecule has 0 amide bonds. The highest BCUT2D eigenvalue weighted by Crippen LogP contribution is 2.32. The highest BCUT2D eigenvalue weighted by molar-refractivity contribution is 7.22. The summed E-state index contributed by atoms with van der Waals surface area (Å²) in [4.78, 5) is 9.45. The number of halogens is 1. The summed E-state index contributed by atoms with van der Waals surface area (Å²) in [6.45, 7) is 3.65. The van der Waals surface area contributed by atoms with Gasteiger partial charge in [-0.25, -0.2) is 4.98 Å². The van der Waals surface area contributed by atoms with E-state index in [1.807, 2.05) is 18.2 Å². The molecule has 32 heavy (non-hydrogen) atoms. The summed E-state index contributed by atoms with van der Waals surface area (Å²) >= 11 is 7.84. The molecule has 0 radical (unpaired) electrons. The monoisotopic (exact) mass is 461 g/mol. The fourth-order valence-electron chi connectivity index (χ4n) is 4.69. The van der Waals surface area contributed by atoms with Gasteiger partial charge in [0.15, 0.2) is 10.9 Å². The molecule has 0 bridgehead atoms. The number of piperazine rings is 1. The summed E-state index contributed by atoms with van der Waals surface area (Å²) < 4.78 is 1.14. The second-order valence-electron chi connectivity index (χ2n) is 8.55. The van der Waals surface area contributed by atoms with Gasteiger partial charge in [0.05, 0.1) is 15.9 Å². The van der Waals surface area contributed by atoms with Crippen LogP contribution in [0.2, 0.25) is 5.02 Å². The fraction of sp³-hybridized carbons (Fsp3) is 0.320. The van der Waals surface area contributed by atoms with E-state index in [4.69, 9.17) is 16.6 Å². The van der Waals surface area contributed by atoms with E-state index >= 15 is 0 Å². The van der Waals surface area contributed by atoms with Crippen molar-refractivity contribution in [1.29, 1.82) is 0 Å². The molecule has 0 unspecified atom stereocenters. The van der Waals surface area contributed by atoms with Crippen LogP contribution in [0.4, 0.5) is 10.9 Å². The number of aryl methyl sites for hydroxylation is 2. The molecule has 1 fully saturated rings. The van der Waals surface area contributed by atoms with Crippen LogP contribution in [-0.4, -0.2) is 41.4 Å². The Kier molecular flexibility index (Phi) is 5.20. The van der Waals surface area contributed by atoms with Crippen molar-refractivity contribution in [1.82, 2.24) is 15.2 Å². The number of nitrogens with zero attached hydrogens (tertiary/aromatic N) is 5. The van der Waals surface area contributed by atoms with Gasteiger partial charge in [-0.15, -0.1) is 10.2 Å². The smallest absolute Gasteiger partial charge is 0.186 e. The molecule has 2 aromatic carbocycles. The molecular formula is C25H24ClN5S. The molecule has 4 aromatic rings. The van der Waals surface area contributed by atoms with E-state index in [1.54, 1.807) is 11.3 Å². The van der Waals surface area contributed by atoms with Crippen LogP contribution in [-0.2, 0) is 12.8 Å². The first-order valence-electron chi connectivity index (χ1n) is 11.2. The maximum absolute atomic E-state index is 6.13. The fourth-order valence-corrected chi connectivity index (χ4v) is 5.98. The Bertz CT molecular complexity index is 1260. The molecule has 7 heteroatoms. The Morgan fingerprint density at radius 2 is 1.59 bits per heavy atom. The first-order valence-corrected chi connectivity index (χ1v) is 12.4. The standard InChI is InChI=1S/C25H24ClN5S/c26-20-7-8-22-23(16-20)32-25(27-22)31-13-11-30(12-14-31)24-10-9-21(28-29-24)19-6-5-17-3-1-2-4-18(17)15-19/h5-10,15-16H,1-4,11-14H2. The lowest BCUT2D eigenvalue weighted by Gasteiger charge is -2.35. The van der Waals surface area contributed by atoms with Crippen molar-refractivity contribution in [2.24, 2.45) is 0 Å². The highest BCUT2D eigenvalue weighted by Gasteiger charge is 2.21. The number of hydrogen-bond donors (Lipinski definition) is 0. The second kappa shape index (κ2) is 8.34. The molecule has 1 aliphatic heterocycles. The predicted octanol–water partition coefficient (Wildman–Crippen LogP) is 5.61. The molecule has 0 atom stereocenters. The molecule has 5 nitrogen and oxygen atoms in total. The number of thiazole rings is 1. The van der Waals surface area contributed by atoms with Gasteiger partial charge in [0.1, 0.15) is 0 Å². The van der Waals surface area contributed by atoms with Crippen LogP contribution in [0.3, 0.4) is 0 Å². The molecule has 162 valence electrons.